The summed E-state index contributed by atoms with van der Waals surface area (Å²) in [5, 5.41) is 5.23. The highest BCUT2D eigenvalue weighted by molar-refractivity contribution is 14.1. The highest BCUT2D eigenvalue weighted by atomic mass is 127. The lowest BCUT2D eigenvalue weighted by Gasteiger charge is -2.08. The van der Waals surface area contributed by atoms with E-state index in [0.717, 1.165) is 0 Å². The van der Waals surface area contributed by atoms with Crippen LogP contribution in [0.3, 0.4) is 0 Å². The molecule has 28 heavy (non-hydrogen) atoms. The molecule has 0 saturated carbocycles. The zero-order chi connectivity index (χ0) is 18.8. The van der Waals surface area contributed by atoms with E-state index in [1.807, 2.05) is 0 Å². The van der Waals surface area contributed by atoms with Gasteiger partial charge in [-0.1, -0.05) is 66.7 Å². The largest absolute Gasteiger partial charge is 0.343 e. The Morgan fingerprint density at radius 2 is 1.25 bits per heavy atom. The number of aryl methyl sites for hydroxylation is 1. The molecule has 0 saturated heterocycles. The van der Waals surface area contributed by atoms with Crippen molar-refractivity contribution < 1.29 is 0 Å². The van der Waals surface area contributed by atoms with Crippen LogP contribution in [-0.4, -0.2) is 7.35 Å². The average Bonchev–Trinajstić information content (AvgIpc) is 3.21. The molecule has 0 radical (unpaired) electrons. The highest BCUT2D eigenvalue weighted by Crippen LogP contribution is 2.38. The Morgan fingerprint density at radius 3 is 2.07 bits per heavy atom. The van der Waals surface area contributed by atoms with Crippen LogP contribution >= 0.6 is 22.9 Å². The van der Waals surface area contributed by atoms with Gasteiger partial charge in [-0.15, -0.1) is 0 Å². The summed E-state index contributed by atoms with van der Waals surface area (Å²) in [7, 11) is 2.17. The van der Waals surface area contributed by atoms with Crippen molar-refractivity contribution in [2.24, 2.45) is 7.05 Å². The standard InChI is InChI=1S/C25H17IN2/c1-27-22-11-4-2-8-19(22)21-10-6-9-17(25(21)27)16-13-14-20-18-7-3-5-12-23(18)28(26)24(20)15-16/h2-15H,1H3. The van der Waals surface area contributed by atoms with Crippen molar-refractivity contribution in [2.45, 2.75) is 0 Å². The molecule has 0 spiro atoms. The Hall–Kier alpha value is -2.79. The number of hydrogen-bond acceptors (Lipinski definition) is 0. The third-order valence-corrected chi connectivity index (χ3v) is 6.89. The first-order chi connectivity index (χ1) is 13.7. The fourth-order valence-corrected chi connectivity index (χ4v) is 5.38. The molecular formula is C25H17IN2. The maximum absolute atomic E-state index is 2.42. The second-order valence-corrected chi connectivity index (χ2v) is 8.27. The molecule has 0 fully saturated rings. The normalized spacial score (nSPS) is 11.9. The topological polar surface area (TPSA) is 9.86 Å². The molecule has 0 bridgehead atoms. The van der Waals surface area contributed by atoms with Gasteiger partial charge in [0.15, 0.2) is 0 Å². The van der Waals surface area contributed by atoms with Crippen molar-refractivity contribution in [3.63, 3.8) is 0 Å². The lowest BCUT2D eigenvalue weighted by Crippen LogP contribution is -1.90. The molecule has 4 aromatic carbocycles. The van der Waals surface area contributed by atoms with Crippen LogP contribution in [0.15, 0.2) is 84.9 Å². The number of aromatic nitrogens is 2. The Morgan fingerprint density at radius 1 is 0.607 bits per heavy atom. The molecule has 0 amide bonds. The highest BCUT2D eigenvalue weighted by Gasteiger charge is 2.14. The molecule has 0 aliphatic carbocycles. The van der Waals surface area contributed by atoms with Gasteiger partial charge in [-0.25, -0.2) is 0 Å². The quantitative estimate of drug-likeness (QED) is 0.222. The number of halogens is 1. The number of nitrogens with zero attached hydrogens (tertiary/aromatic N) is 2. The Kier molecular flexibility index (Phi) is 3.38. The first-order valence-corrected chi connectivity index (χ1v) is 10.4. The molecule has 2 nitrogen and oxygen atoms in total. The summed E-state index contributed by atoms with van der Waals surface area (Å²) >= 11 is 2.42. The third kappa shape index (κ3) is 2.08. The van der Waals surface area contributed by atoms with Crippen LogP contribution in [0.5, 0.6) is 0 Å². The van der Waals surface area contributed by atoms with Gasteiger partial charge in [0.25, 0.3) is 0 Å². The van der Waals surface area contributed by atoms with Crippen LogP contribution in [0.1, 0.15) is 0 Å². The van der Waals surface area contributed by atoms with Crippen LogP contribution in [0.2, 0.25) is 0 Å². The van der Waals surface area contributed by atoms with Gasteiger partial charge in [0, 0.05) is 39.7 Å². The lowest BCUT2D eigenvalue weighted by atomic mass is 10.0. The van der Waals surface area contributed by atoms with Gasteiger partial charge in [0.05, 0.1) is 39.4 Å². The predicted octanol–water partition coefficient (Wildman–Crippen LogP) is 7.30. The Bertz CT molecular complexity index is 1530. The van der Waals surface area contributed by atoms with E-state index >= 15 is 0 Å². The van der Waals surface area contributed by atoms with E-state index in [1.165, 1.54) is 54.7 Å². The number of fused-ring (bicyclic) bond motifs is 6. The zero-order valence-corrected chi connectivity index (χ0v) is 17.5. The van der Waals surface area contributed by atoms with Gasteiger partial charge < -0.3 is 4.57 Å². The van der Waals surface area contributed by atoms with E-state index in [-0.39, 0.29) is 0 Å². The van der Waals surface area contributed by atoms with Crippen molar-refractivity contribution >= 4 is 66.5 Å². The molecule has 0 aliphatic heterocycles. The van der Waals surface area contributed by atoms with E-state index in [4.69, 9.17) is 0 Å². The molecule has 2 aromatic heterocycles. The van der Waals surface area contributed by atoms with Gasteiger partial charge in [-0.3, -0.25) is 2.78 Å². The summed E-state index contributed by atoms with van der Waals surface area (Å²) in [4.78, 5) is 0. The third-order valence-electron chi connectivity index (χ3n) is 5.85. The van der Waals surface area contributed by atoms with Crippen LogP contribution in [-0.2, 0) is 7.05 Å². The van der Waals surface area contributed by atoms with Crippen molar-refractivity contribution in [1.29, 1.82) is 0 Å². The minimum atomic E-state index is 1.25. The summed E-state index contributed by atoms with van der Waals surface area (Å²) in [6.45, 7) is 0. The minimum absolute atomic E-state index is 1.25. The molecule has 0 N–H and O–H groups in total. The van der Waals surface area contributed by atoms with Gasteiger partial charge >= 0.3 is 0 Å². The van der Waals surface area contributed by atoms with Gasteiger partial charge in [-0.05, 0) is 23.8 Å². The Labute approximate surface area is 176 Å². The van der Waals surface area contributed by atoms with Gasteiger partial charge in [0.1, 0.15) is 0 Å². The van der Waals surface area contributed by atoms with Crippen LogP contribution < -0.4 is 0 Å². The van der Waals surface area contributed by atoms with E-state index < -0.39 is 0 Å². The second-order valence-electron chi connectivity index (χ2n) is 7.31. The van der Waals surface area contributed by atoms with Gasteiger partial charge in [-0.2, -0.15) is 0 Å². The summed E-state index contributed by atoms with van der Waals surface area (Å²) in [6, 6.07) is 30.8. The summed E-state index contributed by atoms with van der Waals surface area (Å²) in [6.07, 6.45) is 0. The monoisotopic (exact) mass is 472 g/mol. The van der Waals surface area contributed by atoms with Crippen LogP contribution in [0.25, 0.3) is 54.7 Å². The predicted molar refractivity (Wildman–Crippen MR) is 128 cm³/mol. The molecule has 6 rings (SSSR count). The van der Waals surface area contributed by atoms with E-state index in [0.29, 0.717) is 0 Å². The summed E-state index contributed by atoms with van der Waals surface area (Å²) in [5.41, 5.74) is 7.62. The number of para-hydroxylation sites is 3. The van der Waals surface area contributed by atoms with Crippen LogP contribution in [0.4, 0.5) is 0 Å². The fourth-order valence-electron chi connectivity index (χ4n) is 4.56. The number of benzene rings is 4. The molecular weight excluding hydrogens is 455 g/mol. The van der Waals surface area contributed by atoms with E-state index in [9.17, 15) is 0 Å². The van der Waals surface area contributed by atoms with E-state index in [2.05, 4.69) is 122 Å². The first-order valence-electron chi connectivity index (χ1n) is 9.40. The Balaban J connectivity index is 1.71. The molecule has 0 atom stereocenters. The van der Waals surface area contributed by atoms with Crippen molar-refractivity contribution in [2.75, 3.05) is 0 Å². The number of rotatable bonds is 1. The summed E-state index contributed by atoms with van der Waals surface area (Å²) < 4.78 is 4.59. The average molecular weight is 472 g/mol. The van der Waals surface area contributed by atoms with Gasteiger partial charge in [0.2, 0.25) is 0 Å². The SMILES string of the molecule is Cn1c2ccccc2c2cccc(-c3ccc4c5ccccc5n(I)c4c3)c21. The van der Waals surface area contributed by atoms with Crippen molar-refractivity contribution in [1.82, 2.24) is 7.35 Å². The lowest BCUT2D eigenvalue weighted by molar-refractivity contribution is 1.02. The maximum Gasteiger partial charge on any atom is 0.0646 e. The summed E-state index contributed by atoms with van der Waals surface area (Å²) in [5.74, 6) is 0. The zero-order valence-electron chi connectivity index (χ0n) is 15.4. The maximum atomic E-state index is 2.42. The number of hydrogen-bond donors (Lipinski definition) is 0. The molecule has 0 aliphatic rings. The smallest absolute Gasteiger partial charge is 0.0646 e. The molecule has 6 aromatic rings. The minimum Gasteiger partial charge on any atom is -0.343 e. The molecule has 134 valence electrons. The van der Waals surface area contributed by atoms with Crippen molar-refractivity contribution in [3.8, 4) is 11.1 Å². The molecule has 3 heteroatoms. The second kappa shape index (κ2) is 5.85. The van der Waals surface area contributed by atoms with E-state index in [1.54, 1.807) is 0 Å². The molecule has 0 unspecified atom stereocenters. The first kappa shape index (κ1) is 16.2. The van der Waals surface area contributed by atoms with Crippen molar-refractivity contribution in [3.05, 3.63) is 84.9 Å². The molecule has 2 heterocycles. The van der Waals surface area contributed by atoms with Crippen LogP contribution in [0, 0.1) is 0 Å². The fraction of sp³-hybridized carbons (Fsp3) is 0.0400.